The average Bonchev–Trinajstić information content (AvgIpc) is 2.74. The van der Waals surface area contributed by atoms with Gasteiger partial charge in [0.1, 0.15) is 0 Å². The lowest BCUT2D eigenvalue weighted by atomic mass is 10.0. The highest BCUT2D eigenvalue weighted by Crippen LogP contribution is 2.39. The molecule has 6 heteroatoms. The number of aryl methyl sites for hydroxylation is 1. The van der Waals surface area contributed by atoms with Gasteiger partial charge in [0, 0.05) is 16.2 Å². The first-order valence-electron chi connectivity index (χ1n) is 6.42. The number of phenols is 2. The Labute approximate surface area is 140 Å². The zero-order valence-corrected chi connectivity index (χ0v) is 13.8. The average molecular weight is 381 g/mol. The third kappa shape index (κ3) is 2.46. The fraction of sp³-hybridized carbons (Fsp3) is 0.0625. The number of phenolic OH excluding ortho intramolecular Hbond substituents is 2. The van der Waals surface area contributed by atoms with Crippen LogP contribution in [-0.4, -0.2) is 16.1 Å². The Morgan fingerprint density at radius 2 is 1.95 bits per heavy atom. The Hall–Kier alpha value is -1.98. The molecule has 3 N–H and O–H groups in total. The van der Waals surface area contributed by atoms with Crippen LogP contribution in [-0.2, 0) is 4.79 Å². The minimum Gasteiger partial charge on any atom is -0.504 e. The van der Waals surface area contributed by atoms with Gasteiger partial charge < -0.3 is 15.5 Å². The number of anilines is 1. The number of rotatable bonds is 1. The first kappa shape index (κ1) is 14.9. The molecule has 0 unspecified atom stereocenters. The molecule has 1 aliphatic heterocycles. The highest BCUT2D eigenvalue weighted by molar-refractivity contribution is 9.10. The topological polar surface area (TPSA) is 69.6 Å². The van der Waals surface area contributed by atoms with Crippen molar-refractivity contribution in [2.24, 2.45) is 0 Å². The second-order valence-corrected chi connectivity index (χ2v) is 6.32. The Morgan fingerprint density at radius 3 is 2.64 bits per heavy atom. The molecule has 1 heterocycles. The molecule has 4 nitrogen and oxygen atoms in total. The number of carbonyl (C=O) groups excluding carboxylic acids is 1. The molecule has 0 bridgehead atoms. The first-order valence-corrected chi connectivity index (χ1v) is 7.59. The molecule has 2 aromatic rings. The standard InChI is InChI=1S/C16H11BrClNO3/c1-7-2-9(18)6-10-11(16(22)19-14(7)10)3-8-4-12(17)15(21)13(20)5-8/h2-6,20-21H,1H3,(H,19,22). The summed E-state index contributed by atoms with van der Waals surface area (Å²) in [5.74, 6) is -0.733. The highest BCUT2D eigenvalue weighted by Gasteiger charge is 2.26. The lowest BCUT2D eigenvalue weighted by Crippen LogP contribution is -2.04. The van der Waals surface area contributed by atoms with Crippen molar-refractivity contribution in [1.82, 2.24) is 0 Å². The van der Waals surface area contributed by atoms with Crippen molar-refractivity contribution in [2.45, 2.75) is 6.92 Å². The number of benzene rings is 2. The second-order valence-electron chi connectivity index (χ2n) is 5.03. The van der Waals surface area contributed by atoms with Crippen molar-refractivity contribution >= 4 is 50.8 Å². The van der Waals surface area contributed by atoms with E-state index in [0.29, 0.717) is 20.6 Å². The predicted octanol–water partition coefficient (Wildman–Crippen LogP) is 4.31. The number of hydrogen-bond donors (Lipinski definition) is 3. The SMILES string of the molecule is Cc1cc(Cl)cc2c1NC(=O)C2=Cc1cc(O)c(O)c(Br)c1. The number of amides is 1. The summed E-state index contributed by atoms with van der Waals surface area (Å²) in [6.45, 7) is 1.87. The molecule has 0 radical (unpaired) electrons. The van der Waals surface area contributed by atoms with E-state index in [1.165, 1.54) is 6.07 Å². The second kappa shape index (κ2) is 5.34. The molecule has 3 rings (SSSR count). The quantitative estimate of drug-likeness (QED) is 0.510. The molecule has 0 spiro atoms. The van der Waals surface area contributed by atoms with Gasteiger partial charge in [-0.25, -0.2) is 0 Å². The van der Waals surface area contributed by atoms with Crippen LogP contribution < -0.4 is 5.32 Å². The van der Waals surface area contributed by atoms with Gasteiger partial charge in [-0.15, -0.1) is 0 Å². The molecule has 1 amide bonds. The third-order valence-corrected chi connectivity index (χ3v) is 4.27. The Morgan fingerprint density at radius 1 is 1.23 bits per heavy atom. The van der Waals surface area contributed by atoms with E-state index in [4.69, 9.17) is 11.6 Å². The van der Waals surface area contributed by atoms with E-state index in [-0.39, 0.29) is 17.4 Å². The summed E-state index contributed by atoms with van der Waals surface area (Å²) < 4.78 is 0.347. The van der Waals surface area contributed by atoms with Gasteiger partial charge in [-0.05, 0) is 64.3 Å². The van der Waals surface area contributed by atoms with Gasteiger partial charge in [0.05, 0.1) is 10.2 Å². The molecular formula is C16H11BrClNO3. The molecule has 0 saturated heterocycles. The molecule has 1 aliphatic rings. The Bertz CT molecular complexity index is 823. The summed E-state index contributed by atoms with van der Waals surface area (Å²) in [6, 6.07) is 6.51. The summed E-state index contributed by atoms with van der Waals surface area (Å²) in [6.07, 6.45) is 1.64. The van der Waals surface area contributed by atoms with E-state index < -0.39 is 0 Å². The minimum atomic E-state index is -0.262. The van der Waals surface area contributed by atoms with E-state index in [2.05, 4.69) is 21.2 Å². The van der Waals surface area contributed by atoms with Crippen molar-refractivity contribution in [3.05, 3.63) is 50.5 Å². The van der Waals surface area contributed by atoms with Crippen molar-refractivity contribution in [3.63, 3.8) is 0 Å². The van der Waals surface area contributed by atoms with Crippen LogP contribution in [0.3, 0.4) is 0 Å². The maximum absolute atomic E-state index is 12.2. The molecular weight excluding hydrogens is 370 g/mol. The van der Waals surface area contributed by atoms with Crippen molar-refractivity contribution in [2.75, 3.05) is 5.32 Å². The molecule has 0 aromatic heterocycles. The molecule has 0 aliphatic carbocycles. The van der Waals surface area contributed by atoms with Crippen LogP contribution in [0.25, 0.3) is 11.6 Å². The van der Waals surface area contributed by atoms with Gasteiger partial charge in [0.15, 0.2) is 11.5 Å². The number of halogens is 2. The number of aromatic hydroxyl groups is 2. The number of nitrogens with one attached hydrogen (secondary N) is 1. The van der Waals surface area contributed by atoms with Gasteiger partial charge in [0.2, 0.25) is 0 Å². The molecule has 0 atom stereocenters. The molecule has 0 fully saturated rings. The van der Waals surface area contributed by atoms with Crippen LogP contribution in [0, 0.1) is 6.92 Å². The van der Waals surface area contributed by atoms with Gasteiger partial charge in [-0.1, -0.05) is 11.6 Å². The van der Waals surface area contributed by atoms with Crippen molar-refractivity contribution in [1.29, 1.82) is 0 Å². The van der Waals surface area contributed by atoms with E-state index >= 15 is 0 Å². The zero-order chi connectivity index (χ0) is 16.0. The van der Waals surface area contributed by atoms with Gasteiger partial charge in [-0.2, -0.15) is 0 Å². The highest BCUT2D eigenvalue weighted by atomic mass is 79.9. The molecule has 112 valence electrons. The minimum absolute atomic E-state index is 0.232. The number of fused-ring (bicyclic) bond motifs is 1. The first-order chi connectivity index (χ1) is 10.4. The van der Waals surface area contributed by atoms with Crippen LogP contribution in [0.4, 0.5) is 5.69 Å². The maximum Gasteiger partial charge on any atom is 0.256 e. The summed E-state index contributed by atoms with van der Waals surface area (Å²) in [7, 11) is 0. The molecule has 0 saturated carbocycles. The lowest BCUT2D eigenvalue weighted by Gasteiger charge is -2.05. The smallest absolute Gasteiger partial charge is 0.256 e. The van der Waals surface area contributed by atoms with E-state index in [0.717, 1.165) is 16.8 Å². The number of hydrogen-bond acceptors (Lipinski definition) is 3. The summed E-state index contributed by atoms with van der Waals surface area (Å²) in [5, 5.41) is 22.6. The van der Waals surface area contributed by atoms with E-state index in [1.807, 2.05) is 6.92 Å². The molecule has 2 aromatic carbocycles. The number of carbonyl (C=O) groups is 1. The van der Waals surface area contributed by atoms with Gasteiger partial charge in [-0.3, -0.25) is 4.79 Å². The van der Waals surface area contributed by atoms with Crippen LogP contribution in [0.2, 0.25) is 5.02 Å². The van der Waals surface area contributed by atoms with Crippen molar-refractivity contribution < 1.29 is 15.0 Å². The fourth-order valence-corrected chi connectivity index (χ4v) is 3.16. The zero-order valence-electron chi connectivity index (χ0n) is 11.4. The predicted molar refractivity (Wildman–Crippen MR) is 90.2 cm³/mol. The lowest BCUT2D eigenvalue weighted by molar-refractivity contribution is -0.110. The summed E-state index contributed by atoms with van der Waals surface area (Å²) >= 11 is 9.22. The van der Waals surface area contributed by atoms with Crippen LogP contribution in [0.15, 0.2) is 28.7 Å². The summed E-state index contributed by atoms with van der Waals surface area (Å²) in [4.78, 5) is 12.2. The molecule has 22 heavy (non-hydrogen) atoms. The fourth-order valence-electron chi connectivity index (χ4n) is 2.42. The Kier molecular flexibility index (Phi) is 3.62. The van der Waals surface area contributed by atoms with Crippen LogP contribution >= 0.6 is 27.5 Å². The van der Waals surface area contributed by atoms with Crippen LogP contribution in [0.1, 0.15) is 16.7 Å². The van der Waals surface area contributed by atoms with E-state index in [9.17, 15) is 15.0 Å². The normalized spacial score (nSPS) is 15.0. The van der Waals surface area contributed by atoms with Crippen LogP contribution in [0.5, 0.6) is 11.5 Å². The van der Waals surface area contributed by atoms with Gasteiger partial charge in [0.25, 0.3) is 5.91 Å². The monoisotopic (exact) mass is 379 g/mol. The van der Waals surface area contributed by atoms with Gasteiger partial charge >= 0.3 is 0 Å². The Balaban J connectivity index is 2.16. The maximum atomic E-state index is 12.2. The summed E-state index contributed by atoms with van der Waals surface area (Å²) in [5.41, 5.74) is 3.38. The third-order valence-electron chi connectivity index (χ3n) is 3.45. The van der Waals surface area contributed by atoms with Crippen molar-refractivity contribution in [3.8, 4) is 11.5 Å². The largest absolute Gasteiger partial charge is 0.504 e. The van der Waals surface area contributed by atoms with E-state index in [1.54, 1.807) is 24.3 Å².